The molecule has 1 saturated carbocycles. The van der Waals surface area contributed by atoms with Crippen molar-refractivity contribution < 1.29 is 22.2 Å². The van der Waals surface area contributed by atoms with E-state index in [1.165, 1.54) is 6.33 Å². The minimum absolute atomic E-state index is 0.0362. The largest absolute Gasteiger partial charge is 0.346 e. The number of aromatic nitrogens is 3. The SMILES string of the molecule is CS(=O)(=O)O.N=C1C2CC(F)CN2C(=O)CN1[C@@H]1CC[C@H](Cn2cncn2)C1. The van der Waals surface area contributed by atoms with E-state index in [0.717, 1.165) is 25.8 Å². The Hall–Kier alpha value is -2.08. The van der Waals surface area contributed by atoms with E-state index in [1.54, 1.807) is 11.2 Å². The Bertz CT molecular complexity index is 809. The summed E-state index contributed by atoms with van der Waals surface area (Å²) in [7, 11) is -3.67. The Kier molecular flexibility index (Phi) is 5.98. The summed E-state index contributed by atoms with van der Waals surface area (Å²) < 4.78 is 41.3. The fourth-order valence-electron chi connectivity index (χ4n) is 4.25. The Morgan fingerprint density at radius 2 is 2.04 bits per heavy atom. The minimum atomic E-state index is -3.67. The van der Waals surface area contributed by atoms with Gasteiger partial charge in [-0.15, -0.1) is 0 Å². The number of nitrogens with zero attached hydrogens (tertiary/aromatic N) is 5. The monoisotopic (exact) mass is 416 g/mol. The van der Waals surface area contributed by atoms with Gasteiger partial charge in [-0.05, 0) is 25.2 Å². The summed E-state index contributed by atoms with van der Waals surface area (Å²) in [5.74, 6) is 0.877. The molecule has 12 heteroatoms. The maximum atomic E-state index is 13.6. The van der Waals surface area contributed by atoms with Gasteiger partial charge in [0.1, 0.15) is 24.7 Å². The summed E-state index contributed by atoms with van der Waals surface area (Å²) in [6.45, 7) is 1.20. The number of hydrogen-bond donors (Lipinski definition) is 2. The topological polar surface area (TPSA) is 132 Å². The zero-order valence-corrected chi connectivity index (χ0v) is 16.4. The van der Waals surface area contributed by atoms with E-state index < -0.39 is 16.3 Å². The van der Waals surface area contributed by atoms with E-state index >= 15 is 0 Å². The Labute approximate surface area is 163 Å². The van der Waals surface area contributed by atoms with Crippen molar-refractivity contribution in [2.75, 3.05) is 19.3 Å². The molecule has 1 aromatic heterocycles. The fourth-order valence-corrected chi connectivity index (χ4v) is 4.25. The van der Waals surface area contributed by atoms with Crippen LogP contribution in [0.3, 0.4) is 0 Å². The third-order valence-electron chi connectivity index (χ3n) is 5.37. The van der Waals surface area contributed by atoms with Crippen molar-refractivity contribution in [1.29, 1.82) is 5.41 Å². The molecule has 156 valence electrons. The van der Waals surface area contributed by atoms with Gasteiger partial charge in [0.2, 0.25) is 5.91 Å². The summed E-state index contributed by atoms with van der Waals surface area (Å²) >= 11 is 0. The lowest BCUT2D eigenvalue weighted by Crippen LogP contribution is -2.59. The van der Waals surface area contributed by atoms with E-state index in [0.29, 0.717) is 18.0 Å². The van der Waals surface area contributed by atoms with Crippen LogP contribution in [-0.2, 0) is 21.5 Å². The van der Waals surface area contributed by atoms with Crippen LogP contribution in [-0.4, -0.2) is 86.9 Å². The lowest BCUT2D eigenvalue weighted by Gasteiger charge is -2.41. The van der Waals surface area contributed by atoms with Gasteiger partial charge in [-0.1, -0.05) is 0 Å². The van der Waals surface area contributed by atoms with E-state index in [9.17, 15) is 17.6 Å². The molecule has 2 unspecified atom stereocenters. The van der Waals surface area contributed by atoms with Gasteiger partial charge in [0, 0.05) is 19.0 Å². The molecule has 1 aliphatic carbocycles. The van der Waals surface area contributed by atoms with Crippen molar-refractivity contribution in [2.45, 2.75) is 50.5 Å². The van der Waals surface area contributed by atoms with Crippen molar-refractivity contribution in [2.24, 2.45) is 5.92 Å². The van der Waals surface area contributed by atoms with Crippen LogP contribution in [0, 0.1) is 11.3 Å². The van der Waals surface area contributed by atoms with Gasteiger partial charge in [-0.25, -0.2) is 9.37 Å². The van der Waals surface area contributed by atoms with Crippen molar-refractivity contribution in [3.05, 3.63) is 12.7 Å². The molecule has 0 bridgehead atoms. The van der Waals surface area contributed by atoms with Crippen LogP contribution in [0.2, 0.25) is 0 Å². The second kappa shape index (κ2) is 8.11. The molecule has 1 amide bonds. The zero-order chi connectivity index (χ0) is 20.5. The highest BCUT2D eigenvalue weighted by molar-refractivity contribution is 7.85. The molecular formula is C16H25FN6O4S. The fraction of sp³-hybridized carbons (Fsp3) is 0.750. The van der Waals surface area contributed by atoms with E-state index in [4.69, 9.17) is 9.96 Å². The first-order valence-corrected chi connectivity index (χ1v) is 11.0. The van der Waals surface area contributed by atoms with Gasteiger partial charge in [0.15, 0.2) is 0 Å². The molecule has 3 aliphatic rings. The second-order valence-electron chi connectivity index (χ2n) is 7.59. The molecule has 2 saturated heterocycles. The van der Waals surface area contributed by atoms with E-state index in [-0.39, 0.29) is 37.5 Å². The third kappa shape index (κ3) is 5.04. The molecule has 28 heavy (non-hydrogen) atoms. The van der Waals surface area contributed by atoms with Gasteiger partial charge >= 0.3 is 0 Å². The average Bonchev–Trinajstić information content (AvgIpc) is 3.30. The normalized spacial score (nSPS) is 30.2. The lowest BCUT2D eigenvalue weighted by molar-refractivity contribution is -0.134. The smallest absolute Gasteiger partial charge is 0.261 e. The molecule has 3 fully saturated rings. The first-order chi connectivity index (χ1) is 13.1. The Morgan fingerprint density at radius 3 is 2.68 bits per heavy atom. The van der Waals surface area contributed by atoms with Crippen LogP contribution in [0.15, 0.2) is 12.7 Å². The molecule has 0 spiro atoms. The molecule has 2 aliphatic heterocycles. The van der Waals surface area contributed by atoms with Gasteiger partial charge in [-0.3, -0.25) is 19.4 Å². The number of alkyl halides is 1. The van der Waals surface area contributed by atoms with Gasteiger partial charge in [0.05, 0.1) is 25.4 Å². The number of carbonyl (C=O) groups is 1. The number of fused-ring (bicyclic) bond motifs is 1. The van der Waals surface area contributed by atoms with Crippen molar-refractivity contribution in [3.63, 3.8) is 0 Å². The molecule has 0 aromatic carbocycles. The van der Waals surface area contributed by atoms with Gasteiger partial charge in [0.25, 0.3) is 10.1 Å². The van der Waals surface area contributed by atoms with Crippen LogP contribution < -0.4 is 0 Å². The van der Waals surface area contributed by atoms with Crippen molar-refractivity contribution in [1.82, 2.24) is 24.6 Å². The maximum Gasteiger partial charge on any atom is 0.261 e. The standard InChI is InChI=1S/C15H21FN6O.CH4O3S/c16-11-4-13-15(17)21(7-14(23)22(13)6-11)12-2-1-10(3-12)5-20-9-18-8-19-20;1-5(2,3)4/h8-13,17H,1-7H2;1H3,(H,2,3,4)/t10-,11?,12+,13?;/m0./s1. The van der Waals surface area contributed by atoms with Crippen LogP contribution in [0.4, 0.5) is 4.39 Å². The highest BCUT2D eigenvalue weighted by Crippen LogP contribution is 2.34. The predicted octanol–water partition coefficient (Wildman–Crippen LogP) is 0.183. The quantitative estimate of drug-likeness (QED) is 0.672. The number of amidine groups is 1. The zero-order valence-electron chi connectivity index (χ0n) is 15.6. The first-order valence-electron chi connectivity index (χ1n) is 9.15. The Balaban J connectivity index is 0.000000403. The minimum Gasteiger partial charge on any atom is -0.346 e. The average molecular weight is 416 g/mol. The highest BCUT2D eigenvalue weighted by atomic mass is 32.2. The summed E-state index contributed by atoms with van der Waals surface area (Å²) in [4.78, 5) is 19.7. The number of hydrogen-bond acceptors (Lipinski definition) is 6. The molecule has 2 N–H and O–H groups in total. The van der Waals surface area contributed by atoms with Crippen LogP contribution in [0.25, 0.3) is 0 Å². The maximum absolute atomic E-state index is 13.6. The number of rotatable bonds is 3. The number of amides is 1. The molecule has 0 radical (unpaired) electrons. The first kappa shape index (κ1) is 20.6. The number of carbonyl (C=O) groups excluding carboxylic acids is 1. The summed E-state index contributed by atoms with van der Waals surface area (Å²) in [6.07, 6.45) is 6.23. The summed E-state index contributed by atoms with van der Waals surface area (Å²) in [5.41, 5.74) is 0. The summed E-state index contributed by atoms with van der Waals surface area (Å²) in [6, 6.07) is -0.151. The van der Waals surface area contributed by atoms with Gasteiger partial charge in [-0.2, -0.15) is 13.5 Å². The second-order valence-corrected chi connectivity index (χ2v) is 9.06. The van der Waals surface area contributed by atoms with E-state index in [1.807, 2.05) is 9.58 Å². The van der Waals surface area contributed by atoms with Crippen LogP contribution in [0.1, 0.15) is 25.7 Å². The number of piperazine rings is 1. The molecule has 4 rings (SSSR count). The molecule has 10 nitrogen and oxygen atoms in total. The summed E-state index contributed by atoms with van der Waals surface area (Å²) in [5, 5.41) is 12.6. The highest BCUT2D eigenvalue weighted by Gasteiger charge is 2.46. The Morgan fingerprint density at radius 1 is 1.32 bits per heavy atom. The number of halogens is 1. The van der Waals surface area contributed by atoms with Crippen molar-refractivity contribution >= 4 is 21.9 Å². The van der Waals surface area contributed by atoms with E-state index in [2.05, 4.69) is 10.1 Å². The lowest BCUT2D eigenvalue weighted by atomic mass is 10.0. The van der Waals surface area contributed by atoms with Crippen LogP contribution in [0.5, 0.6) is 0 Å². The predicted molar refractivity (Wildman–Crippen MR) is 98.1 cm³/mol. The van der Waals surface area contributed by atoms with Gasteiger partial charge < -0.3 is 9.80 Å². The molecule has 1 aromatic rings. The third-order valence-corrected chi connectivity index (χ3v) is 5.37. The van der Waals surface area contributed by atoms with Crippen molar-refractivity contribution in [3.8, 4) is 0 Å². The molecule has 3 heterocycles. The van der Waals surface area contributed by atoms with Crippen LogP contribution >= 0.6 is 0 Å². The molecule has 4 atom stereocenters. The molecular weight excluding hydrogens is 391 g/mol. The number of nitrogens with one attached hydrogen (secondary N) is 1.